The standard InChI is InChI=1S/C13H12Br2/c14-9-5-8-10-6-3-1-2-4-7(6)11(10)12(9)13(8)15/h1-4,8-13H,5H2/t8-,9+,10-,11-,12+,13-/m0/s1. The lowest BCUT2D eigenvalue weighted by atomic mass is 9.61. The van der Waals surface area contributed by atoms with Crippen molar-refractivity contribution < 1.29 is 0 Å². The van der Waals surface area contributed by atoms with Crippen LogP contribution in [0.3, 0.4) is 0 Å². The molecule has 78 valence electrons. The molecule has 0 unspecified atom stereocenters. The highest BCUT2D eigenvalue weighted by atomic mass is 79.9. The zero-order valence-electron chi connectivity index (χ0n) is 8.24. The molecular weight excluding hydrogens is 316 g/mol. The normalized spacial score (nSPS) is 49.7. The van der Waals surface area contributed by atoms with Crippen LogP contribution in [-0.4, -0.2) is 9.65 Å². The van der Waals surface area contributed by atoms with Crippen LogP contribution in [0, 0.1) is 11.8 Å². The number of fused-ring (bicyclic) bond motifs is 8. The van der Waals surface area contributed by atoms with Gasteiger partial charge in [0.25, 0.3) is 0 Å². The van der Waals surface area contributed by atoms with Crippen LogP contribution in [0.5, 0.6) is 0 Å². The molecule has 0 nitrogen and oxygen atoms in total. The highest BCUT2D eigenvalue weighted by Crippen LogP contribution is 2.70. The average molecular weight is 328 g/mol. The molecule has 2 saturated carbocycles. The third-order valence-corrected chi connectivity index (χ3v) is 6.94. The van der Waals surface area contributed by atoms with Crippen molar-refractivity contribution in [3.05, 3.63) is 35.4 Å². The third kappa shape index (κ3) is 0.945. The molecule has 2 bridgehead atoms. The molecule has 2 heteroatoms. The first-order valence-corrected chi connectivity index (χ1v) is 7.49. The zero-order chi connectivity index (χ0) is 10.2. The van der Waals surface area contributed by atoms with E-state index < -0.39 is 0 Å². The van der Waals surface area contributed by atoms with Gasteiger partial charge in [-0.3, -0.25) is 0 Å². The van der Waals surface area contributed by atoms with E-state index in [1.165, 1.54) is 6.42 Å². The van der Waals surface area contributed by atoms with Crippen molar-refractivity contribution in [1.82, 2.24) is 0 Å². The van der Waals surface area contributed by atoms with Gasteiger partial charge in [0.2, 0.25) is 0 Å². The molecule has 0 heterocycles. The van der Waals surface area contributed by atoms with Crippen molar-refractivity contribution in [2.75, 3.05) is 0 Å². The summed E-state index contributed by atoms with van der Waals surface area (Å²) in [7, 11) is 0. The Labute approximate surface area is 107 Å². The fourth-order valence-electron chi connectivity index (χ4n) is 4.15. The van der Waals surface area contributed by atoms with Crippen molar-refractivity contribution in [3.63, 3.8) is 0 Å². The summed E-state index contributed by atoms with van der Waals surface area (Å²) in [5.74, 6) is 3.41. The Balaban J connectivity index is 1.86. The molecule has 3 aliphatic carbocycles. The summed E-state index contributed by atoms with van der Waals surface area (Å²) in [5, 5.41) is 0. The summed E-state index contributed by atoms with van der Waals surface area (Å²) in [4.78, 5) is 1.48. The Kier molecular flexibility index (Phi) is 1.78. The molecule has 15 heavy (non-hydrogen) atoms. The number of alkyl halides is 2. The molecule has 3 aliphatic rings. The van der Waals surface area contributed by atoms with E-state index in [9.17, 15) is 0 Å². The minimum Gasteiger partial charge on any atom is -0.0887 e. The average Bonchev–Trinajstić information content (AvgIpc) is 2.61. The van der Waals surface area contributed by atoms with Gasteiger partial charge in [0.15, 0.2) is 0 Å². The van der Waals surface area contributed by atoms with Crippen LogP contribution in [0.1, 0.15) is 29.4 Å². The Bertz CT molecular complexity index is 428. The SMILES string of the molecule is Br[C@H]1[C@H]2C[C@@H](Br)[C@@H]1[C@H]1c3ccccc3[C@@H]21. The third-order valence-electron chi connectivity index (χ3n) is 4.67. The molecule has 0 aromatic heterocycles. The van der Waals surface area contributed by atoms with Crippen LogP contribution in [0.15, 0.2) is 24.3 Å². The maximum Gasteiger partial charge on any atom is 0.0225 e. The van der Waals surface area contributed by atoms with Gasteiger partial charge in [-0.2, -0.15) is 0 Å². The van der Waals surface area contributed by atoms with Crippen LogP contribution >= 0.6 is 31.9 Å². The van der Waals surface area contributed by atoms with Crippen LogP contribution in [0.4, 0.5) is 0 Å². The van der Waals surface area contributed by atoms with Crippen molar-refractivity contribution >= 4 is 31.9 Å². The van der Waals surface area contributed by atoms with Gasteiger partial charge in [0.1, 0.15) is 0 Å². The van der Waals surface area contributed by atoms with Gasteiger partial charge in [-0.25, -0.2) is 0 Å². The number of rotatable bonds is 0. The van der Waals surface area contributed by atoms with Crippen molar-refractivity contribution in [3.8, 4) is 0 Å². The Morgan fingerprint density at radius 3 is 2.40 bits per heavy atom. The molecule has 0 radical (unpaired) electrons. The molecule has 0 saturated heterocycles. The summed E-state index contributed by atoms with van der Waals surface area (Å²) in [6.45, 7) is 0. The van der Waals surface area contributed by atoms with Crippen molar-refractivity contribution in [2.24, 2.45) is 11.8 Å². The summed E-state index contributed by atoms with van der Waals surface area (Å²) in [6.07, 6.45) is 1.36. The van der Waals surface area contributed by atoms with Crippen LogP contribution < -0.4 is 0 Å². The van der Waals surface area contributed by atoms with E-state index in [1.807, 2.05) is 0 Å². The molecule has 2 fully saturated rings. The lowest BCUT2D eigenvalue weighted by Crippen LogP contribution is -2.33. The quantitative estimate of drug-likeness (QED) is 0.631. The van der Waals surface area contributed by atoms with E-state index in [0.717, 1.165) is 33.3 Å². The minimum atomic E-state index is 0.737. The second kappa shape index (κ2) is 2.89. The van der Waals surface area contributed by atoms with Crippen LogP contribution in [0.25, 0.3) is 0 Å². The van der Waals surface area contributed by atoms with E-state index in [1.54, 1.807) is 11.1 Å². The van der Waals surface area contributed by atoms with E-state index in [2.05, 4.69) is 56.1 Å². The predicted octanol–water partition coefficient (Wildman–Crippen LogP) is 4.04. The highest BCUT2D eigenvalue weighted by molar-refractivity contribution is 9.10. The maximum absolute atomic E-state index is 3.92. The molecule has 6 atom stereocenters. The second-order valence-electron chi connectivity index (χ2n) is 5.12. The fraction of sp³-hybridized carbons (Fsp3) is 0.538. The van der Waals surface area contributed by atoms with Gasteiger partial charge in [-0.05, 0) is 41.2 Å². The van der Waals surface area contributed by atoms with Crippen molar-refractivity contribution in [1.29, 1.82) is 0 Å². The summed E-state index contributed by atoms with van der Waals surface area (Å²) < 4.78 is 0. The molecular formula is C13H12Br2. The molecule has 1 aromatic carbocycles. The number of halogens is 2. The maximum atomic E-state index is 3.92. The van der Waals surface area contributed by atoms with Gasteiger partial charge < -0.3 is 0 Å². The lowest BCUT2D eigenvalue weighted by molar-refractivity contribution is 0.333. The first kappa shape index (κ1) is 9.23. The molecule has 0 N–H and O–H groups in total. The first-order valence-electron chi connectivity index (χ1n) is 5.66. The molecule has 4 rings (SSSR count). The fourth-order valence-corrected chi connectivity index (χ4v) is 6.89. The van der Waals surface area contributed by atoms with E-state index in [0.29, 0.717) is 0 Å². The van der Waals surface area contributed by atoms with E-state index in [-0.39, 0.29) is 0 Å². The van der Waals surface area contributed by atoms with Crippen LogP contribution in [-0.2, 0) is 0 Å². The smallest absolute Gasteiger partial charge is 0.0225 e. The first-order chi connectivity index (χ1) is 7.29. The molecule has 0 aliphatic heterocycles. The topological polar surface area (TPSA) is 0 Å². The highest BCUT2D eigenvalue weighted by Gasteiger charge is 2.62. The van der Waals surface area contributed by atoms with Crippen molar-refractivity contribution in [2.45, 2.75) is 27.9 Å². The number of hydrogen-bond acceptors (Lipinski definition) is 0. The van der Waals surface area contributed by atoms with Gasteiger partial charge in [-0.1, -0.05) is 56.1 Å². The number of hydrogen-bond donors (Lipinski definition) is 0. The van der Waals surface area contributed by atoms with Gasteiger partial charge in [-0.15, -0.1) is 0 Å². The zero-order valence-corrected chi connectivity index (χ0v) is 11.4. The second-order valence-corrected chi connectivity index (χ2v) is 7.35. The summed E-state index contributed by atoms with van der Waals surface area (Å²) in [5.41, 5.74) is 3.27. The van der Waals surface area contributed by atoms with E-state index >= 15 is 0 Å². The minimum absolute atomic E-state index is 0.737. The monoisotopic (exact) mass is 326 g/mol. The molecule has 0 spiro atoms. The lowest BCUT2D eigenvalue weighted by Gasteiger charge is -2.44. The van der Waals surface area contributed by atoms with Crippen LogP contribution in [0.2, 0.25) is 0 Å². The van der Waals surface area contributed by atoms with Gasteiger partial charge in [0.05, 0.1) is 0 Å². The largest absolute Gasteiger partial charge is 0.0887 e. The molecule has 1 aromatic rings. The summed E-state index contributed by atoms with van der Waals surface area (Å²) in [6, 6.07) is 9.04. The Morgan fingerprint density at radius 2 is 1.67 bits per heavy atom. The number of benzene rings is 1. The Hall–Kier alpha value is 0.180. The molecule has 0 amide bonds. The predicted molar refractivity (Wildman–Crippen MR) is 69.0 cm³/mol. The summed E-state index contributed by atoms with van der Waals surface area (Å²) >= 11 is 7.78. The Morgan fingerprint density at radius 1 is 1.00 bits per heavy atom. The van der Waals surface area contributed by atoms with E-state index in [4.69, 9.17) is 0 Å². The van der Waals surface area contributed by atoms with Gasteiger partial charge in [0, 0.05) is 9.65 Å². The van der Waals surface area contributed by atoms with Gasteiger partial charge >= 0.3 is 0 Å².